The summed E-state index contributed by atoms with van der Waals surface area (Å²) in [6.45, 7) is 0.815. The van der Waals surface area contributed by atoms with Gasteiger partial charge in [0.25, 0.3) is 5.91 Å². The molecule has 1 amide bonds. The smallest absolute Gasteiger partial charge is 0.251 e. The Labute approximate surface area is 165 Å². The van der Waals surface area contributed by atoms with E-state index in [2.05, 4.69) is 10.2 Å². The fourth-order valence-corrected chi connectivity index (χ4v) is 3.09. The molecule has 1 N–H and O–H groups in total. The van der Waals surface area contributed by atoms with E-state index in [1.807, 2.05) is 68.7 Å². The summed E-state index contributed by atoms with van der Waals surface area (Å²) in [5.41, 5.74) is 3.69. The minimum absolute atomic E-state index is 0.132. The monoisotopic (exact) mass is 376 g/mol. The normalized spacial score (nSPS) is 12.0. The van der Waals surface area contributed by atoms with E-state index in [0.717, 1.165) is 29.7 Å². The van der Waals surface area contributed by atoms with Crippen LogP contribution in [0.25, 0.3) is 11.1 Å². The third-order valence-corrected chi connectivity index (χ3v) is 4.70. The van der Waals surface area contributed by atoms with Crippen molar-refractivity contribution in [1.29, 1.82) is 0 Å². The van der Waals surface area contributed by atoms with Crippen molar-refractivity contribution in [2.75, 3.05) is 20.6 Å². The molecule has 3 aromatic carbocycles. The molecule has 0 bridgehead atoms. The number of carbonyl (C=O) groups excluding carboxylic acids is 1. The van der Waals surface area contributed by atoms with E-state index in [0.29, 0.717) is 5.56 Å². The summed E-state index contributed by atoms with van der Waals surface area (Å²) in [7, 11) is 3.98. The Morgan fingerprint density at radius 3 is 2.11 bits per heavy atom. The van der Waals surface area contributed by atoms with Crippen molar-refractivity contribution in [1.82, 2.24) is 10.2 Å². The molecule has 144 valence electrons. The Kier molecular flexibility index (Phi) is 6.56. The predicted molar refractivity (Wildman–Crippen MR) is 112 cm³/mol. The van der Waals surface area contributed by atoms with Gasteiger partial charge in [0.15, 0.2) is 0 Å². The Balaban J connectivity index is 1.74. The highest BCUT2D eigenvalue weighted by Gasteiger charge is 2.16. The summed E-state index contributed by atoms with van der Waals surface area (Å²) in [6.07, 6.45) is 0.743. The molecular weight excluding hydrogens is 351 g/mol. The summed E-state index contributed by atoms with van der Waals surface area (Å²) in [4.78, 5) is 14.9. The molecule has 3 rings (SSSR count). The van der Waals surface area contributed by atoms with E-state index < -0.39 is 0 Å². The molecule has 3 aromatic rings. The number of hydrogen-bond donors (Lipinski definition) is 1. The summed E-state index contributed by atoms with van der Waals surface area (Å²) < 4.78 is 13.3. The van der Waals surface area contributed by atoms with Gasteiger partial charge in [-0.1, -0.05) is 54.6 Å². The van der Waals surface area contributed by atoms with E-state index in [-0.39, 0.29) is 17.8 Å². The Bertz CT molecular complexity index is 890. The van der Waals surface area contributed by atoms with Gasteiger partial charge in [-0.2, -0.15) is 0 Å². The van der Waals surface area contributed by atoms with Crippen LogP contribution in [0.1, 0.15) is 28.4 Å². The summed E-state index contributed by atoms with van der Waals surface area (Å²) >= 11 is 0. The van der Waals surface area contributed by atoms with Gasteiger partial charge in [0.05, 0.1) is 6.04 Å². The van der Waals surface area contributed by atoms with Crippen molar-refractivity contribution in [3.8, 4) is 11.1 Å². The summed E-state index contributed by atoms with van der Waals surface area (Å²) in [6, 6.07) is 23.8. The summed E-state index contributed by atoms with van der Waals surface area (Å²) in [5, 5.41) is 3.10. The van der Waals surface area contributed by atoms with Crippen LogP contribution in [0.4, 0.5) is 4.39 Å². The number of nitrogens with zero attached hydrogens (tertiary/aromatic N) is 1. The van der Waals surface area contributed by atoms with E-state index in [4.69, 9.17) is 0 Å². The zero-order valence-corrected chi connectivity index (χ0v) is 16.2. The highest BCUT2D eigenvalue weighted by molar-refractivity contribution is 5.95. The molecular formula is C24H25FN2O. The molecule has 0 saturated carbocycles. The van der Waals surface area contributed by atoms with Crippen molar-refractivity contribution in [3.63, 3.8) is 0 Å². The molecule has 0 saturated heterocycles. The van der Waals surface area contributed by atoms with Gasteiger partial charge in [-0.05, 0) is 68.0 Å². The highest BCUT2D eigenvalue weighted by Crippen LogP contribution is 2.21. The molecule has 0 aliphatic heterocycles. The van der Waals surface area contributed by atoms with Crippen LogP contribution < -0.4 is 5.32 Å². The molecule has 0 heterocycles. The first-order valence-corrected chi connectivity index (χ1v) is 9.39. The first-order valence-electron chi connectivity index (χ1n) is 9.39. The first-order chi connectivity index (χ1) is 13.5. The lowest BCUT2D eigenvalue weighted by molar-refractivity contribution is 0.0932. The number of benzene rings is 3. The van der Waals surface area contributed by atoms with Gasteiger partial charge in [-0.25, -0.2) is 4.39 Å². The second-order valence-electron chi connectivity index (χ2n) is 7.11. The SMILES string of the molecule is CN(C)CCC(NC(=O)c1ccc(-c2ccccc2)cc1)c1ccc(F)cc1. The maximum atomic E-state index is 13.3. The number of halogens is 1. The van der Waals surface area contributed by atoms with Gasteiger partial charge in [0, 0.05) is 5.56 Å². The van der Waals surface area contributed by atoms with Gasteiger partial charge in [0.1, 0.15) is 5.82 Å². The van der Waals surface area contributed by atoms with Crippen molar-refractivity contribution in [3.05, 3.63) is 95.8 Å². The van der Waals surface area contributed by atoms with Crippen LogP contribution in [0.2, 0.25) is 0 Å². The summed E-state index contributed by atoms with van der Waals surface area (Å²) in [5.74, 6) is -0.411. The average molecular weight is 376 g/mol. The first kappa shape index (κ1) is 19.8. The fourth-order valence-electron chi connectivity index (χ4n) is 3.09. The zero-order valence-electron chi connectivity index (χ0n) is 16.2. The topological polar surface area (TPSA) is 32.3 Å². The van der Waals surface area contributed by atoms with Crippen LogP contribution in [-0.2, 0) is 0 Å². The maximum absolute atomic E-state index is 13.3. The second kappa shape index (κ2) is 9.29. The van der Waals surface area contributed by atoms with Gasteiger partial charge < -0.3 is 10.2 Å². The van der Waals surface area contributed by atoms with Crippen molar-refractivity contribution >= 4 is 5.91 Å². The molecule has 0 aliphatic rings. The van der Waals surface area contributed by atoms with Crippen LogP contribution >= 0.6 is 0 Å². The van der Waals surface area contributed by atoms with E-state index in [9.17, 15) is 9.18 Å². The molecule has 28 heavy (non-hydrogen) atoms. The van der Waals surface area contributed by atoms with E-state index >= 15 is 0 Å². The molecule has 0 spiro atoms. The van der Waals surface area contributed by atoms with E-state index in [1.165, 1.54) is 12.1 Å². The van der Waals surface area contributed by atoms with Crippen LogP contribution in [0.5, 0.6) is 0 Å². The minimum atomic E-state index is -0.280. The van der Waals surface area contributed by atoms with E-state index in [1.54, 1.807) is 12.1 Å². The van der Waals surface area contributed by atoms with Gasteiger partial charge >= 0.3 is 0 Å². The average Bonchev–Trinajstić information content (AvgIpc) is 2.72. The van der Waals surface area contributed by atoms with Crippen LogP contribution in [0.15, 0.2) is 78.9 Å². The third-order valence-electron chi connectivity index (χ3n) is 4.70. The Hall–Kier alpha value is -2.98. The molecule has 0 fully saturated rings. The Morgan fingerprint density at radius 1 is 0.893 bits per heavy atom. The molecule has 1 unspecified atom stereocenters. The van der Waals surface area contributed by atoms with Crippen molar-refractivity contribution in [2.45, 2.75) is 12.5 Å². The molecule has 3 nitrogen and oxygen atoms in total. The third kappa shape index (κ3) is 5.27. The predicted octanol–water partition coefficient (Wildman–Crippen LogP) is 4.92. The zero-order chi connectivity index (χ0) is 19.9. The van der Waals surface area contributed by atoms with Crippen LogP contribution in [0, 0.1) is 5.82 Å². The second-order valence-corrected chi connectivity index (χ2v) is 7.11. The largest absolute Gasteiger partial charge is 0.345 e. The fraction of sp³-hybridized carbons (Fsp3) is 0.208. The molecule has 0 aromatic heterocycles. The van der Waals surface area contributed by atoms with Crippen molar-refractivity contribution in [2.24, 2.45) is 0 Å². The number of carbonyl (C=O) groups is 1. The molecule has 1 atom stereocenters. The standard InChI is InChI=1S/C24H25FN2O/c1-27(2)17-16-23(20-12-14-22(25)15-13-20)26-24(28)21-10-8-19(9-11-21)18-6-4-3-5-7-18/h3-15,23H,16-17H2,1-2H3,(H,26,28). The van der Waals surface area contributed by atoms with Crippen LogP contribution in [-0.4, -0.2) is 31.4 Å². The maximum Gasteiger partial charge on any atom is 0.251 e. The molecule has 0 aliphatic carbocycles. The Morgan fingerprint density at radius 2 is 1.50 bits per heavy atom. The van der Waals surface area contributed by atoms with Gasteiger partial charge in [-0.15, -0.1) is 0 Å². The highest BCUT2D eigenvalue weighted by atomic mass is 19.1. The number of hydrogen-bond acceptors (Lipinski definition) is 2. The lowest BCUT2D eigenvalue weighted by Crippen LogP contribution is -2.31. The van der Waals surface area contributed by atoms with Gasteiger partial charge in [-0.3, -0.25) is 4.79 Å². The number of amides is 1. The molecule has 4 heteroatoms. The minimum Gasteiger partial charge on any atom is -0.345 e. The molecule has 0 radical (unpaired) electrons. The van der Waals surface area contributed by atoms with Crippen molar-refractivity contribution < 1.29 is 9.18 Å². The lowest BCUT2D eigenvalue weighted by atomic mass is 10.0. The van der Waals surface area contributed by atoms with Crippen LogP contribution in [0.3, 0.4) is 0 Å². The number of nitrogens with one attached hydrogen (secondary N) is 1. The number of rotatable bonds is 7. The van der Waals surface area contributed by atoms with Gasteiger partial charge in [0.2, 0.25) is 0 Å². The lowest BCUT2D eigenvalue weighted by Gasteiger charge is -2.21. The quantitative estimate of drug-likeness (QED) is 0.635.